The van der Waals surface area contributed by atoms with Crippen molar-refractivity contribution in [1.29, 1.82) is 0 Å². The van der Waals surface area contributed by atoms with Crippen LogP contribution < -0.4 is 0 Å². The van der Waals surface area contributed by atoms with E-state index < -0.39 is 8.07 Å². The van der Waals surface area contributed by atoms with Crippen molar-refractivity contribution in [3.63, 3.8) is 0 Å². The Bertz CT molecular complexity index is 168. The van der Waals surface area contributed by atoms with Gasteiger partial charge in [-0.2, -0.15) is 0 Å². The predicted octanol–water partition coefficient (Wildman–Crippen LogP) is 2.68. The van der Waals surface area contributed by atoms with E-state index in [1.54, 1.807) is 0 Å². The monoisotopic (exact) mass is 195 g/mol. The lowest BCUT2D eigenvalue weighted by Crippen LogP contribution is -2.24. The summed E-state index contributed by atoms with van der Waals surface area (Å²) in [5, 5.41) is 0. The minimum absolute atomic E-state index is 0.951. The molecule has 0 heterocycles. The number of allylic oxidation sites excluding steroid dienone is 1. The van der Waals surface area contributed by atoms with E-state index in [4.69, 9.17) is 7.85 Å². The molecule has 1 nitrogen and oxygen atoms in total. The van der Waals surface area contributed by atoms with Crippen LogP contribution in [0.25, 0.3) is 0 Å². The third kappa shape index (κ3) is 5.97. The Labute approximate surface area is 85.6 Å². The van der Waals surface area contributed by atoms with Crippen LogP contribution >= 0.6 is 0 Å². The normalized spacial score (nSPS) is 13.2. The zero-order valence-electron chi connectivity index (χ0n) is 9.72. The standard InChI is InChI=1S/C10H22BNSi/c1-6-12(7-2)10(11)8-9-13(3,4)5/h8H,6-7,9H2,1-5H3. The van der Waals surface area contributed by atoms with Crippen molar-refractivity contribution >= 4 is 15.9 Å². The van der Waals surface area contributed by atoms with Crippen molar-refractivity contribution in [2.45, 2.75) is 39.5 Å². The summed E-state index contributed by atoms with van der Waals surface area (Å²) in [7, 11) is 4.98. The van der Waals surface area contributed by atoms with Crippen molar-refractivity contribution < 1.29 is 0 Å². The average Bonchev–Trinajstić information content (AvgIpc) is 2.02. The SMILES string of the molecule is [B]C(=CC[Si](C)(C)C)N(CC)CC. The summed E-state index contributed by atoms with van der Waals surface area (Å²) in [6.45, 7) is 13.4. The molecule has 2 radical (unpaired) electrons. The molecule has 0 N–H and O–H groups in total. The molecule has 0 bridgehead atoms. The topological polar surface area (TPSA) is 3.24 Å². The van der Waals surface area contributed by atoms with E-state index in [1.807, 2.05) is 0 Å². The molecule has 13 heavy (non-hydrogen) atoms. The summed E-state index contributed by atoms with van der Waals surface area (Å²) in [6, 6.07) is 1.18. The molecule has 0 rings (SSSR count). The lowest BCUT2D eigenvalue weighted by atomic mass is 10.0. The smallest absolute Gasteiger partial charge is 0.137 e. The van der Waals surface area contributed by atoms with Gasteiger partial charge in [0.15, 0.2) is 0 Å². The minimum atomic E-state index is -0.974. The van der Waals surface area contributed by atoms with Gasteiger partial charge in [0, 0.05) is 21.2 Å². The molecule has 74 valence electrons. The molecule has 3 heteroatoms. The highest BCUT2D eigenvalue weighted by Gasteiger charge is 2.10. The van der Waals surface area contributed by atoms with Crippen molar-refractivity contribution in [3.8, 4) is 0 Å². The highest BCUT2D eigenvalue weighted by atomic mass is 28.3. The summed E-state index contributed by atoms with van der Waals surface area (Å²) >= 11 is 0. The Morgan fingerprint density at radius 1 is 1.23 bits per heavy atom. The van der Waals surface area contributed by atoms with Crippen LogP contribution in [-0.4, -0.2) is 33.9 Å². The predicted molar refractivity (Wildman–Crippen MR) is 64.9 cm³/mol. The molecule has 0 saturated carbocycles. The number of nitrogens with zero attached hydrogens (tertiary/aromatic N) is 1. The zero-order chi connectivity index (χ0) is 10.5. The second-order valence-electron chi connectivity index (χ2n) is 4.57. The maximum absolute atomic E-state index is 5.96. The Balaban J connectivity index is 4.15. The minimum Gasteiger partial charge on any atom is -0.385 e. The fraction of sp³-hybridized carbons (Fsp3) is 0.800. The first-order valence-corrected chi connectivity index (χ1v) is 8.82. The second kappa shape index (κ2) is 5.53. The van der Waals surface area contributed by atoms with Gasteiger partial charge in [-0.1, -0.05) is 25.7 Å². The number of rotatable bonds is 5. The van der Waals surface area contributed by atoms with Crippen LogP contribution in [0.2, 0.25) is 25.7 Å². The molecule has 0 spiro atoms. The molecule has 0 aliphatic heterocycles. The molecule has 0 aliphatic carbocycles. The van der Waals surface area contributed by atoms with Gasteiger partial charge in [0.1, 0.15) is 7.85 Å². The lowest BCUT2D eigenvalue weighted by molar-refractivity contribution is 0.405. The highest BCUT2D eigenvalue weighted by molar-refractivity contribution is 6.76. The van der Waals surface area contributed by atoms with Gasteiger partial charge in [-0.25, -0.2) is 0 Å². The number of hydrogen-bond acceptors (Lipinski definition) is 1. The van der Waals surface area contributed by atoms with Crippen molar-refractivity contribution in [2.24, 2.45) is 0 Å². The fourth-order valence-corrected chi connectivity index (χ4v) is 1.95. The van der Waals surface area contributed by atoms with E-state index in [2.05, 4.69) is 44.5 Å². The van der Waals surface area contributed by atoms with Gasteiger partial charge < -0.3 is 4.90 Å². The first-order valence-electron chi connectivity index (χ1n) is 5.11. The summed E-state index contributed by atoms with van der Waals surface area (Å²) in [5.74, 6) is 0. The fourth-order valence-electron chi connectivity index (χ4n) is 1.13. The highest BCUT2D eigenvalue weighted by Crippen LogP contribution is 2.11. The molecule has 0 aromatic carbocycles. The first kappa shape index (κ1) is 12.8. The largest absolute Gasteiger partial charge is 0.385 e. The van der Waals surface area contributed by atoms with Crippen LogP contribution in [0.3, 0.4) is 0 Å². The van der Waals surface area contributed by atoms with Gasteiger partial charge in [-0.15, -0.1) is 0 Å². The van der Waals surface area contributed by atoms with E-state index in [9.17, 15) is 0 Å². The van der Waals surface area contributed by atoms with Gasteiger partial charge in [0.2, 0.25) is 0 Å². The van der Waals surface area contributed by atoms with E-state index in [0.717, 1.165) is 18.7 Å². The molecule has 0 aliphatic rings. The summed E-state index contributed by atoms with van der Waals surface area (Å²) in [5.41, 5.74) is 0.951. The van der Waals surface area contributed by atoms with E-state index >= 15 is 0 Å². The molecule has 0 aromatic heterocycles. The quantitative estimate of drug-likeness (QED) is 0.609. The molecule has 0 saturated heterocycles. The van der Waals surface area contributed by atoms with Crippen LogP contribution in [0, 0.1) is 0 Å². The maximum Gasteiger partial charge on any atom is 0.137 e. The molecular formula is C10H22BNSi. The van der Waals surface area contributed by atoms with E-state index in [1.165, 1.54) is 6.04 Å². The van der Waals surface area contributed by atoms with Crippen LogP contribution in [0.5, 0.6) is 0 Å². The van der Waals surface area contributed by atoms with E-state index in [-0.39, 0.29) is 0 Å². The maximum atomic E-state index is 5.96. The molecule has 0 aromatic rings. The Morgan fingerprint density at radius 2 is 1.69 bits per heavy atom. The van der Waals surface area contributed by atoms with Crippen LogP contribution in [0.1, 0.15) is 13.8 Å². The van der Waals surface area contributed by atoms with Crippen molar-refractivity contribution in [3.05, 3.63) is 11.7 Å². The second-order valence-corrected chi connectivity index (χ2v) is 10.1. The Morgan fingerprint density at radius 3 is 2.00 bits per heavy atom. The van der Waals surface area contributed by atoms with Gasteiger partial charge in [0.05, 0.1) is 0 Å². The Hall–Kier alpha value is -0.178. The lowest BCUT2D eigenvalue weighted by Gasteiger charge is -2.23. The zero-order valence-corrected chi connectivity index (χ0v) is 10.7. The van der Waals surface area contributed by atoms with Crippen molar-refractivity contribution in [1.82, 2.24) is 4.90 Å². The molecule has 0 fully saturated rings. The first-order chi connectivity index (χ1) is 5.90. The summed E-state index contributed by atoms with van der Waals surface area (Å²) in [6.07, 6.45) is 2.19. The van der Waals surface area contributed by atoms with Gasteiger partial charge in [-0.05, 0) is 25.5 Å². The molecular weight excluding hydrogens is 173 g/mol. The third-order valence-corrected chi connectivity index (χ3v) is 3.48. The summed E-state index contributed by atoms with van der Waals surface area (Å²) in [4.78, 5) is 2.19. The van der Waals surface area contributed by atoms with Crippen LogP contribution in [0.4, 0.5) is 0 Å². The third-order valence-electron chi connectivity index (χ3n) is 2.05. The Kier molecular flexibility index (Phi) is 5.45. The van der Waals surface area contributed by atoms with Gasteiger partial charge in [0.25, 0.3) is 0 Å². The van der Waals surface area contributed by atoms with Gasteiger partial charge in [-0.3, -0.25) is 0 Å². The van der Waals surface area contributed by atoms with Crippen LogP contribution in [0.15, 0.2) is 11.7 Å². The average molecular weight is 195 g/mol. The van der Waals surface area contributed by atoms with Crippen LogP contribution in [-0.2, 0) is 0 Å². The van der Waals surface area contributed by atoms with Gasteiger partial charge >= 0.3 is 0 Å². The molecule has 0 atom stereocenters. The van der Waals surface area contributed by atoms with E-state index in [0.29, 0.717) is 0 Å². The number of hydrogen-bond donors (Lipinski definition) is 0. The van der Waals surface area contributed by atoms with Crippen molar-refractivity contribution in [2.75, 3.05) is 13.1 Å². The molecule has 0 amide bonds. The summed E-state index contributed by atoms with van der Waals surface area (Å²) < 4.78 is 0. The molecule has 0 unspecified atom stereocenters.